The summed E-state index contributed by atoms with van der Waals surface area (Å²) in [6, 6.07) is 5.52. The van der Waals surface area contributed by atoms with Crippen LogP contribution in [0.2, 0.25) is 0 Å². The molecule has 142 valence electrons. The molecule has 1 fully saturated rings. The highest BCUT2D eigenvalue weighted by Gasteiger charge is 2.20. The average Bonchev–Trinajstić information content (AvgIpc) is 2.79. The van der Waals surface area contributed by atoms with E-state index < -0.39 is 0 Å². The van der Waals surface area contributed by atoms with Crippen molar-refractivity contribution in [3.63, 3.8) is 0 Å². The van der Waals surface area contributed by atoms with Crippen molar-refractivity contribution < 1.29 is 4.79 Å². The van der Waals surface area contributed by atoms with Gasteiger partial charge in [0.15, 0.2) is 0 Å². The van der Waals surface area contributed by atoms with Gasteiger partial charge in [0.2, 0.25) is 5.95 Å². The van der Waals surface area contributed by atoms with Gasteiger partial charge in [0, 0.05) is 57.5 Å². The fraction of sp³-hybridized carbons (Fsp3) is 0.263. The Hall–Kier alpha value is -3.62. The van der Waals surface area contributed by atoms with Crippen molar-refractivity contribution in [3.05, 3.63) is 66.6 Å². The smallest absolute Gasteiger partial charge is 0.271 e. The fourth-order valence-electron chi connectivity index (χ4n) is 2.97. The van der Waals surface area contributed by atoms with Crippen LogP contribution in [-0.4, -0.2) is 57.0 Å². The molecule has 0 aliphatic carbocycles. The molecule has 3 aromatic rings. The van der Waals surface area contributed by atoms with Crippen molar-refractivity contribution in [1.82, 2.24) is 30.2 Å². The van der Waals surface area contributed by atoms with E-state index in [2.05, 4.69) is 40.0 Å². The summed E-state index contributed by atoms with van der Waals surface area (Å²) in [6.45, 7) is 3.62. The van der Waals surface area contributed by atoms with Crippen molar-refractivity contribution >= 4 is 17.7 Å². The van der Waals surface area contributed by atoms with Gasteiger partial charge in [-0.1, -0.05) is 0 Å². The number of anilines is 2. The van der Waals surface area contributed by atoms with Crippen LogP contribution in [0.3, 0.4) is 0 Å². The fourth-order valence-corrected chi connectivity index (χ4v) is 2.97. The molecule has 4 heterocycles. The number of piperazine rings is 1. The van der Waals surface area contributed by atoms with Crippen molar-refractivity contribution in [2.24, 2.45) is 0 Å². The molecule has 0 unspecified atom stereocenters. The average molecular weight is 376 g/mol. The molecule has 1 aliphatic heterocycles. The SMILES string of the molecule is O=C(NCc1ccncc1)c1cnc(N2CCN(c3ncccn3)CC2)cn1. The Morgan fingerprint density at radius 2 is 1.61 bits per heavy atom. The number of nitrogens with one attached hydrogen (secondary N) is 1. The molecule has 1 aliphatic rings. The highest BCUT2D eigenvalue weighted by Crippen LogP contribution is 2.15. The van der Waals surface area contributed by atoms with Crippen LogP contribution in [0.4, 0.5) is 11.8 Å². The molecular formula is C19H20N8O. The second-order valence-corrected chi connectivity index (χ2v) is 6.32. The lowest BCUT2D eigenvalue weighted by Gasteiger charge is -2.35. The van der Waals surface area contributed by atoms with Gasteiger partial charge in [-0.2, -0.15) is 0 Å². The molecule has 9 nitrogen and oxygen atoms in total. The minimum atomic E-state index is -0.248. The molecule has 0 atom stereocenters. The molecule has 4 rings (SSSR count). The second kappa shape index (κ2) is 8.38. The van der Waals surface area contributed by atoms with Crippen LogP contribution in [0.15, 0.2) is 55.4 Å². The minimum absolute atomic E-state index is 0.248. The summed E-state index contributed by atoms with van der Waals surface area (Å²) in [5.41, 5.74) is 1.28. The third kappa shape index (κ3) is 4.20. The van der Waals surface area contributed by atoms with Crippen LogP contribution in [0.5, 0.6) is 0 Å². The Balaban J connectivity index is 1.31. The maximum atomic E-state index is 12.2. The second-order valence-electron chi connectivity index (χ2n) is 6.32. The van der Waals surface area contributed by atoms with Crippen molar-refractivity contribution in [2.75, 3.05) is 36.0 Å². The highest BCUT2D eigenvalue weighted by atomic mass is 16.1. The van der Waals surface area contributed by atoms with Gasteiger partial charge < -0.3 is 15.1 Å². The lowest BCUT2D eigenvalue weighted by molar-refractivity contribution is 0.0945. The number of amides is 1. The molecule has 0 saturated carbocycles. The molecule has 0 spiro atoms. The Labute approximate surface area is 162 Å². The number of pyridine rings is 1. The topological polar surface area (TPSA) is 100 Å². The van der Waals surface area contributed by atoms with Crippen LogP contribution >= 0.6 is 0 Å². The molecule has 0 radical (unpaired) electrons. The summed E-state index contributed by atoms with van der Waals surface area (Å²) in [6.07, 6.45) is 10.1. The molecule has 3 aromatic heterocycles. The molecule has 1 N–H and O–H groups in total. The molecule has 9 heteroatoms. The van der Waals surface area contributed by atoms with E-state index in [1.165, 1.54) is 6.20 Å². The summed E-state index contributed by atoms with van der Waals surface area (Å²) < 4.78 is 0. The summed E-state index contributed by atoms with van der Waals surface area (Å²) >= 11 is 0. The van der Waals surface area contributed by atoms with Crippen LogP contribution in [0.25, 0.3) is 0 Å². The monoisotopic (exact) mass is 376 g/mol. The van der Waals surface area contributed by atoms with Gasteiger partial charge in [0.05, 0.1) is 12.4 Å². The number of hydrogen-bond acceptors (Lipinski definition) is 8. The first kappa shape index (κ1) is 17.8. The number of carbonyl (C=O) groups excluding carboxylic acids is 1. The lowest BCUT2D eigenvalue weighted by atomic mass is 10.2. The van der Waals surface area contributed by atoms with E-state index in [9.17, 15) is 4.79 Å². The quantitative estimate of drug-likeness (QED) is 0.702. The zero-order chi connectivity index (χ0) is 19.2. The predicted octanol–water partition coefficient (Wildman–Crippen LogP) is 0.918. The first-order valence-electron chi connectivity index (χ1n) is 9.06. The van der Waals surface area contributed by atoms with Gasteiger partial charge in [0.1, 0.15) is 11.5 Å². The van der Waals surface area contributed by atoms with Gasteiger partial charge in [-0.3, -0.25) is 9.78 Å². The largest absolute Gasteiger partial charge is 0.352 e. The maximum Gasteiger partial charge on any atom is 0.271 e. The molecular weight excluding hydrogens is 356 g/mol. The van der Waals surface area contributed by atoms with E-state index >= 15 is 0 Å². The van der Waals surface area contributed by atoms with E-state index in [-0.39, 0.29) is 5.91 Å². The van der Waals surface area contributed by atoms with Gasteiger partial charge in [-0.05, 0) is 23.8 Å². The molecule has 0 aromatic carbocycles. The molecule has 28 heavy (non-hydrogen) atoms. The lowest BCUT2D eigenvalue weighted by Crippen LogP contribution is -2.47. The summed E-state index contributed by atoms with van der Waals surface area (Å²) in [4.78, 5) is 37.8. The Bertz CT molecular complexity index is 896. The van der Waals surface area contributed by atoms with E-state index in [0.29, 0.717) is 12.2 Å². The maximum absolute atomic E-state index is 12.2. The third-order valence-electron chi connectivity index (χ3n) is 4.51. The van der Waals surface area contributed by atoms with Crippen molar-refractivity contribution in [2.45, 2.75) is 6.54 Å². The minimum Gasteiger partial charge on any atom is -0.352 e. The van der Waals surface area contributed by atoms with Crippen LogP contribution in [-0.2, 0) is 6.54 Å². The van der Waals surface area contributed by atoms with Crippen molar-refractivity contribution in [1.29, 1.82) is 0 Å². The predicted molar refractivity (Wildman–Crippen MR) is 104 cm³/mol. The summed E-state index contributed by atoms with van der Waals surface area (Å²) in [7, 11) is 0. The summed E-state index contributed by atoms with van der Waals surface area (Å²) in [5, 5.41) is 2.83. The van der Waals surface area contributed by atoms with Crippen LogP contribution in [0.1, 0.15) is 16.1 Å². The number of rotatable bonds is 5. The zero-order valence-corrected chi connectivity index (χ0v) is 15.3. The number of aromatic nitrogens is 5. The van der Waals surface area contributed by atoms with Gasteiger partial charge >= 0.3 is 0 Å². The standard InChI is InChI=1S/C19H20N8O/c28-18(25-12-15-2-6-20-7-3-15)16-13-24-17(14-23-16)26-8-10-27(11-9-26)19-21-4-1-5-22-19/h1-7,13-14H,8-12H2,(H,25,28). The van der Waals surface area contributed by atoms with E-state index in [0.717, 1.165) is 43.5 Å². The summed E-state index contributed by atoms with van der Waals surface area (Å²) in [5.74, 6) is 1.26. The van der Waals surface area contributed by atoms with E-state index in [4.69, 9.17) is 0 Å². The van der Waals surface area contributed by atoms with E-state index in [1.807, 2.05) is 18.2 Å². The normalized spacial score (nSPS) is 14.0. The van der Waals surface area contributed by atoms with Gasteiger partial charge in [-0.25, -0.2) is 19.9 Å². The Morgan fingerprint density at radius 3 is 2.29 bits per heavy atom. The molecule has 1 saturated heterocycles. The zero-order valence-electron chi connectivity index (χ0n) is 15.3. The molecule has 1 amide bonds. The number of nitrogens with zero attached hydrogens (tertiary/aromatic N) is 7. The first-order valence-corrected chi connectivity index (χ1v) is 9.06. The van der Waals surface area contributed by atoms with Crippen LogP contribution < -0.4 is 15.1 Å². The molecule has 0 bridgehead atoms. The number of hydrogen-bond donors (Lipinski definition) is 1. The third-order valence-corrected chi connectivity index (χ3v) is 4.51. The highest BCUT2D eigenvalue weighted by molar-refractivity contribution is 5.91. The number of carbonyl (C=O) groups is 1. The first-order chi connectivity index (χ1) is 13.8. The Kier molecular flexibility index (Phi) is 5.32. The van der Waals surface area contributed by atoms with E-state index in [1.54, 1.807) is 31.0 Å². The van der Waals surface area contributed by atoms with Gasteiger partial charge in [-0.15, -0.1) is 0 Å². The van der Waals surface area contributed by atoms with Crippen LogP contribution in [0, 0.1) is 0 Å². The van der Waals surface area contributed by atoms with Gasteiger partial charge in [0.25, 0.3) is 5.91 Å². The Morgan fingerprint density at radius 1 is 0.893 bits per heavy atom. The van der Waals surface area contributed by atoms with Crippen molar-refractivity contribution in [3.8, 4) is 0 Å².